The molecule has 3 rings (SSSR count). The van der Waals surface area contributed by atoms with Gasteiger partial charge in [0.2, 0.25) is 10.0 Å². The molecular formula is C17H24N4O2S. The standard InChI is InChI=1S/C17H24N4O2S/c1-3-24(22,23)19-10-17-13-20(12-16-7-8-18-21(16)17)11-15-6-4-5-14(2)9-15/h4-9,17,19H,3,10-13H2,1-2H3/t17-/m0/s1. The second-order valence-corrected chi connectivity index (χ2v) is 8.43. The van der Waals surface area contributed by atoms with Crippen molar-refractivity contribution in [2.24, 2.45) is 0 Å². The summed E-state index contributed by atoms with van der Waals surface area (Å²) in [6, 6.07) is 10.5. The first-order valence-corrected chi connectivity index (χ1v) is 9.89. The predicted molar refractivity (Wildman–Crippen MR) is 94.0 cm³/mol. The van der Waals surface area contributed by atoms with E-state index in [9.17, 15) is 8.42 Å². The number of fused-ring (bicyclic) bond motifs is 1. The van der Waals surface area contributed by atoms with Gasteiger partial charge in [0, 0.05) is 32.4 Å². The summed E-state index contributed by atoms with van der Waals surface area (Å²) in [4.78, 5) is 2.34. The largest absolute Gasteiger partial charge is 0.291 e. The van der Waals surface area contributed by atoms with Crippen molar-refractivity contribution >= 4 is 10.0 Å². The molecule has 7 heteroatoms. The lowest BCUT2D eigenvalue weighted by molar-refractivity contribution is 0.168. The molecule has 1 N–H and O–H groups in total. The van der Waals surface area contributed by atoms with Crippen molar-refractivity contribution in [3.63, 3.8) is 0 Å². The van der Waals surface area contributed by atoms with Crippen LogP contribution in [0.25, 0.3) is 0 Å². The molecule has 1 aliphatic heterocycles. The molecular weight excluding hydrogens is 324 g/mol. The Hall–Kier alpha value is -1.70. The minimum atomic E-state index is -3.20. The number of sulfonamides is 1. The molecule has 1 aromatic heterocycles. The van der Waals surface area contributed by atoms with E-state index in [0.717, 1.165) is 25.3 Å². The van der Waals surface area contributed by atoms with E-state index in [2.05, 4.69) is 45.9 Å². The van der Waals surface area contributed by atoms with Gasteiger partial charge >= 0.3 is 0 Å². The topological polar surface area (TPSA) is 67.2 Å². The molecule has 6 nitrogen and oxygen atoms in total. The maximum absolute atomic E-state index is 11.7. The molecule has 0 amide bonds. The van der Waals surface area contributed by atoms with E-state index >= 15 is 0 Å². The number of hydrogen-bond acceptors (Lipinski definition) is 4. The Labute approximate surface area is 143 Å². The van der Waals surface area contributed by atoms with Gasteiger partial charge in [-0.2, -0.15) is 5.10 Å². The second-order valence-electron chi connectivity index (χ2n) is 6.33. The number of hydrogen-bond donors (Lipinski definition) is 1. The Morgan fingerprint density at radius 3 is 2.92 bits per heavy atom. The molecule has 0 aliphatic carbocycles. The number of benzene rings is 1. The van der Waals surface area contributed by atoms with Crippen LogP contribution in [0.15, 0.2) is 36.5 Å². The fraction of sp³-hybridized carbons (Fsp3) is 0.471. The molecule has 0 fully saturated rings. The maximum atomic E-state index is 11.7. The van der Waals surface area contributed by atoms with Crippen molar-refractivity contribution in [1.29, 1.82) is 0 Å². The van der Waals surface area contributed by atoms with Crippen molar-refractivity contribution in [3.8, 4) is 0 Å². The number of nitrogens with one attached hydrogen (secondary N) is 1. The molecule has 0 bridgehead atoms. The van der Waals surface area contributed by atoms with Crippen LogP contribution in [-0.2, 0) is 23.1 Å². The lowest BCUT2D eigenvalue weighted by Crippen LogP contribution is -2.42. The fourth-order valence-electron chi connectivity index (χ4n) is 3.13. The highest BCUT2D eigenvalue weighted by Crippen LogP contribution is 2.22. The minimum Gasteiger partial charge on any atom is -0.291 e. The van der Waals surface area contributed by atoms with Crippen LogP contribution in [0.1, 0.15) is 29.8 Å². The average molecular weight is 348 g/mol. The van der Waals surface area contributed by atoms with Gasteiger partial charge in [-0.25, -0.2) is 13.1 Å². The van der Waals surface area contributed by atoms with E-state index in [4.69, 9.17) is 0 Å². The quantitative estimate of drug-likeness (QED) is 0.863. The van der Waals surface area contributed by atoms with Crippen LogP contribution in [0.3, 0.4) is 0 Å². The number of aryl methyl sites for hydroxylation is 1. The fourth-order valence-corrected chi connectivity index (χ4v) is 3.78. The van der Waals surface area contributed by atoms with Gasteiger partial charge < -0.3 is 0 Å². The first kappa shape index (κ1) is 17.1. The molecule has 24 heavy (non-hydrogen) atoms. The average Bonchev–Trinajstić information content (AvgIpc) is 3.01. The zero-order valence-electron chi connectivity index (χ0n) is 14.1. The Kier molecular flexibility index (Phi) is 5.03. The van der Waals surface area contributed by atoms with Gasteiger partial charge in [0.15, 0.2) is 0 Å². The highest BCUT2D eigenvalue weighted by atomic mass is 32.2. The normalized spacial score (nSPS) is 18.5. The van der Waals surface area contributed by atoms with Crippen LogP contribution in [0.4, 0.5) is 0 Å². The zero-order valence-corrected chi connectivity index (χ0v) is 15.0. The van der Waals surface area contributed by atoms with E-state index in [1.807, 2.05) is 10.7 Å². The summed E-state index contributed by atoms with van der Waals surface area (Å²) in [7, 11) is -3.20. The van der Waals surface area contributed by atoms with Crippen LogP contribution >= 0.6 is 0 Å². The molecule has 0 radical (unpaired) electrons. The van der Waals surface area contributed by atoms with Crippen molar-refractivity contribution in [2.75, 3.05) is 18.8 Å². The highest BCUT2D eigenvalue weighted by Gasteiger charge is 2.26. The number of rotatable bonds is 6. The summed E-state index contributed by atoms with van der Waals surface area (Å²) in [5.74, 6) is 0.0959. The predicted octanol–water partition coefficient (Wildman–Crippen LogP) is 1.69. The van der Waals surface area contributed by atoms with Crippen LogP contribution in [0, 0.1) is 6.92 Å². The first-order chi connectivity index (χ1) is 11.5. The summed E-state index contributed by atoms with van der Waals surface area (Å²) >= 11 is 0. The summed E-state index contributed by atoms with van der Waals surface area (Å²) < 4.78 is 28.1. The van der Waals surface area contributed by atoms with E-state index in [1.165, 1.54) is 11.1 Å². The van der Waals surface area contributed by atoms with Crippen LogP contribution in [-0.4, -0.2) is 41.9 Å². The first-order valence-electron chi connectivity index (χ1n) is 8.24. The van der Waals surface area contributed by atoms with Gasteiger partial charge in [-0.1, -0.05) is 29.8 Å². The summed E-state index contributed by atoms with van der Waals surface area (Å²) in [6.45, 7) is 6.56. The molecule has 130 valence electrons. The molecule has 1 aliphatic rings. The van der Waals surface area contributed by atoms with Crippen molar-refractivity contribution in [2.45, 2.75) is 33.0 Å². The van der Waals surface area contributed by atoms with Crippen molar-refractivity contribution in [3.05, 3.63) is 53.3 Å². The summed E-state index contributed by atoms with van der Waals surface area (Å²) in [5, 5.41) is 4.38. The third kappa shape index (κ3) is 4.03. The molecule has 1 aromatic carbocycles. The second kappa shape index (κ2) is 7.04. The minimum absolute atomic E-state index is 0.00915. The molecule has 2 aromatic rings. The Balaban J connectivity index is 1.73. The molecule has 0 spiro atoms. The molecule has 1 atom stereocenters. The van der Waals surface area contributed by atoms with E-state index in [1.54, 1.807) is 13.1 Å². The van der Waals surface area contributed by atoms with E-state index in [0.29, 0.717) is 6.54 Å². The van der Waals surface area contributed by atoms with Crippen molar-refractivity contribution in [1.82, 2.24) is 19.4 Å². The van der Waals surface area contributed by atoms with Crippen LogP contribution < -0.4 is 4.72 Å². The van der Waals surface area contributed by atoms with Crippen molar-refractivity contribution < 1.29 is 8.42 Å². The highest BCUT2D eigenvalue weighted by molar-refractivity contribution is 7.89. The summed E-state index contributed by atoms with van der Waals surface area (Å²) in [5.41, 5.74) is 3.65. The third-order valence-electron chi connectivity index (χ3n) is 4.36. The van der Waals surface area contributed by atoms with Gasteiger partial charge in [-0.3, -0.25) is 9.58 Å². The molecule has 2 heterocycles. The number of aromatic nitrogens is 2. The third-order valence-corrected chi connectivity index (χ3v) is 5.73. The molecule has 0 saturated carbocycles. The lowest BCUT2D eigenvalue weighted by atomic mass is 10.1. The smallest absolute Gasteiger partial charge is 0.211 e. The van der Waals surface area contributed by atoms with Gasteiger partial charge in [0.05, 0.1) is 17.5 Å². The van der Waals surface area contributed by atoms with Gasteiger partial charge in [0.25, 0.3) is 0 Å². The Morgan fingerprint density at radius 1 is 1.33 bits per heavy atom. The van der Waals surface area contributed by atoms with E-state index < -0.39 is 10.0 Å². The molecule has 0 unspecified atom stereocenters. The maximum Gasteiger partial charge on any atom is 0.211 e. The summed E-state index contributed by atoms with van der Waals surface area (Å²) in [6.07, 6.45) is 1.78. The Bertz CT molecular complexity index is 800. The van der Waals surface area contributed by atoms with E-state index in [-0.39, 0.29) is 11.8 Å². The van der Waals surface area contributed by atoms with Gasteiger partial charge in [-0.05, 0) is 25.5 Å². The van der Waals surface area contributed by atoms with Crippen LogP contribution in [0.5, 0.6) is 0 Å². The molecule has 0 saturated heterocycles. The number of nitrogens with zero attached hydrogens (tertiary/aromatic N) is 3. The zero-order chi connectivity index (χ0) is 17.2. The van der Waals surface area contributed by atoms with Crippen LogP contribution in [0.2, 0.25) is 0 Å². The van der Waals surface area contributed by atoms with Gasteiger partial charge in [-0.15, -0.1) is 0 Å². The van der Waals surface area contributed by atoms with Gasteiger partial charge in [0.1, 0.15) is 0 Å². The monoisotopic (exact) mass is 348 g/mol. The SMILES string of the molecule is CCS(=O)(=O)NC[C@H]1CN(Cc2cccc(C)c2)Cc2ccnn21. The lowest BCUT2D eigenvalue weighted by Gasteiger charge is -2.34. The Morgan fingerprint density at radius 2 is 2.17 bits per heavy atom.